The van der Waals surface area contributed by atoms with Crippen LogP contribution in [0.4, 0.5) is 8.78 Å². The number of halogens is 2. The van der Waals surface area contributed by atoms with Gasteiger partial charge in [-0.15, -0.1) is 0 Å². The van der Waals surface area contributed by atoms with Crippen LogP contribution < -0.4 is 10.1 Å². The number of amides is 1. The number of hydrogen-bond donors (Lipinski definition) is 2. The lowest BCUT2D eigenvalue weighted by Crippen LogP contribution is -2.32. The van der Waals surface area contributed by atoms with E-state index in [0.29, 0.717) is 12.0 Å². The van der Waals surface area contributed by atoms with E-state index in [1.165, 1.54) is 24.3 Å². The highest BCUT2D eigenvalue weighted by Crippen LogP contribution is 2.18. The van der Waals surface area contributed by atoms with Crippen molar-refractivity contribution in [1.82, 2.24) is 5.32 Å². The molecule has 1 aromatic rings. The number of aliphatic hydroxyl groups is 1. The second kappa shape index (κ2) is 6.47. The van der Waals surface area contributed by atoms with Crippen LogP contribution >= 0.6 is 0 Å². The third-order valence-electron chi connectivity index (χ3n) is 3.06. The highest BCUT2D eigenvalue weighted by molar-refractivity contribution is 5.94. The van der Waals surface area contributed by atoms with Crippen LogP contribution in [0.5, 0.6) is 5.75 Å². The van der Waals surface area contributed by atoms with Gasteiger partial charge in [-0.1, -0.05) is 12.2 Å². The minimum Gasteiger partial charge on any atom is -0.435 e. The Labute approximate surface area is 115 Å². The van der Waals surface area contributed by atoms with Crippen molar-refractivity contribution in [2.75, 3.05) is 6.61 Å². The molecule has 0 radical (unpaired) electrons. The van der Waals surface area contributed by atoms with Crippen LogP contribution in [0.25, 0.3) is 0 Å². The van der Waals surface area contributed by atoms with Gasteiger partial charge in [-0.2, -0.15) is 8.78 Å². The van der Waals surface area contributed by atoms with Gasteiger partial charge in [-0.25, -0.2) is 0 Å². The van der Waals surface area contributed by atoms with Gasteiger partial charge in [0.15, 0.2) is 0 Å². The molecule has 20 heavy (non-hydrogen) atoms. The predicted octanol–water partition coefficient (Wildman–Crippen LogP) is 1.95. The standard InChI is InChI=1S/C14H15F2NO3/c15-14(16)20-12-5-2-10(3-6-12)13(19)17-11-4-1-9(7-11)8-18/h1-6,9,11,14,18H,7-8H2,(H,17,19)/t9-,11+/m0/s1. The maximum absolute atomic E-state index is 12.0. The summed E-state index contributed by atoms with van der Waals surface area (Å²) in [4.78, 5) is 11.9. The Kier molecular flexibility index (Phi) is 4.68. The van der Waals surface area contributed by atoms with Crippen LogP contribution in [-0.4, -0.2) is 30.3 Å². The van der Waals surface area contributed by atoms with Crippen molar-refractivity contribution in [2.45, 2.75) is 19.1 Å². The molecule has 0 aliphatic heterocycles. The number of alkyl halides is 2. The molecule has 1 aliphatic carbocycles. The fraction of sp³-hybridized carbons (Fsp3) is 0.357. The first kappa shape index (κ1) is 14.5. The van der Waals surface area contributed by atoms with E-state index in [9.17, 15) is 13.6 Å². The SMILES string of the molecule is O=C(N[C@@H]1C=C[C@H](CO)C1)c1ccc(OC(F)F)cc1. The van der Waals surface area contributed by atoms with Gasteiger partial charge < -0.3 is 15.2 Å². The third-order valence-corrected chi connectivity index (χ3v) is 3.06. The second-order valence-corrected chi connectivity index (χ2v) is 4.55. The van der Waals surface area contributed by atoms with Crippen molar-refractivity contribution in [3.63, 3.8) is 0 Å². The number of benzene rings is 1. The fourth-order valence-corrected chi connectivity index (χ4v) is 2.06. The van der Waals surface area contributed by atoms with Gasteiger partial charge in [0.2, 0.25) is 0 Å². The van der Waals surface area contributed by atoms with E-state index in [2.05, 4.69) is 10.1 Å². The fourth-order valence-electron chi connectivity index (χ4n) is 2.06. The molecule has 2 N–H and O–H groups in total. The minimum atomic E-state index is -2.88. The number of ether oxygens (including phenoxy) is 1. The average Bonchev–Trinajstić information content (AvgIpc) is 2.86. The van der Waals surface area contributed by atoms with Crippen LogP contribution in [0.3, 0.4) is 0 Å². The Morgan fingerprint density at radius 2 is 2.05 bits per heavy atom. The van der Waals surface area contributed by atoms with Crippen LogP contribution in [0.1, 0.15) is 16.8 Å². The van der Waals surface area contributed by atoms with Gasteiger partial charge in [-0.05, 0) is 30.7 Å². The molecule has 4 nitrogen and oxygen atoms in total. The number of hydrogen-bond acceptors (Lipinski definition) is 3. The number of rotatable bonds is 5. The minimum absolute atomic E-state index is 0.0117. The predicted molar refractivity (Wildman–Crippen MR) is 68.7 cm³/mol. The van der Waals surface area contributed by atoms with E-state index in [-0.39, 0.29) is 30.2 Å². The third kappa shape index (κ3) is 3.77. The van der Waals surface area contributed by atoms with Gasteiger partial charge in [0, 0.05) is 24.1 Å². The van der Waals surface area contributed by atoms with Gasteiger partial charge in [0.05, 0.1) is 0 Å². The topological polar surface area (TPSA) is 58.6 Å². The summed E-state index contributed by atoms with van der Waals surface area (Å²) < 4.78 is 28.2. The molecule has 2 atom stereocenters. The zero-order valence-corrected chi connectivity index (χ0v) is 10.6. The summed E-state index contributed by atoms with van der Waals surface area (Å²) in [5.41, 5.74) is 0.368. The van der Waals surface area contributed by atoms with E-state index in [4.69, 9.17) is 5.11 Å². The highest BCUT2D eigenvalue weighted by Gasteiger charge is 2.20. The van der Waals surface area contributed by atoms with Gasteiger partial charge in [0.1, 0.15) is 5.75 Å². The number of carbonyl (C=O) groups excluding carboxylic acids is 1. The normalized spacial score (nSPS) is 21.2. The maximum Gasteiger partial charge on any atom is 0.387 e. The molecular formula is C14H15F2NO3. The monoisotopic (exact) mass is 283 g/mol. The summed E-state index contributed by atoms with van der Waals surface area (Å²) in [6.07, 6.45) is 4.37. The van der Waals surface area contributed by atoms with Crippen molar-refractivity contribution in [2.24, 2.45) is 5.92 Å². The molecule has 0 unspecified atom stereocenters. The summed E-state index contributed by atoms with van der Waals surface area (Å²) in [6.45, 7) is -2.82. The van der Waals surface area contributed by atoms with Gasteiger partial charge in [0.25, 0.3) is 5.91 Å². The zero-order valence-electron chi connectivity index (χ0n) is 10.6. The van der Waals surface area contributed by atoms with Crippen LogP contribution in [0, 0.1) is 5.92 Å². The average molecular weight is 283 g/mol. The van der Waals surface area contributed by atoms with Crippen LogP contribution in [0.15, 0.2) is 36.4 Å². The van der Waals surface area contributed by atoms with E-state index in [1.54, 1.807) is 0 Å². The molecule has 108 valence electrons. The first-order chi connectivity index (χ1) is 9.58. The lowest BCUT2D eigenvalue weighted by atomic mass is 10.1. The zero-order chi connectivity index (χ0) is 14.5. The summed E-state index contributed by atoms with van der Waals surface area (Å²) in [5, 5.41) is 11.8. The first-order valence-corrected chi connectivity index (χ1v) is 6.23. The quantitative estimate of drug-likeness (QED) is 0.812. The molecule has 0 saturated heterocycles. The van der Waals surface area contributed by atoms with Crippen LogP contribution in [0.2, 0.25) is 0 Å². The smallest absolute Gasteiger partial charge is 0.387 e. The van der Waals surface area contributed by atoms with Crippen molar-refractivity contribution in [1.29, 1.82) is 0 Å². The molecule has 2 rings (SSSR count). The largest absolute Gasteiger partial charge is 0.435 e. The lowest BCUT2D eigenvalue weighted by Gasteiger charge is -2.13. The molecule has 0 heterocycles. The molecule has 0 saturated carbocycles. The second-order valence-electron chi connectivity index (χ2n) is 4.55. The Morgan fingerprint density at radius 1 is 1.35 bits per heavy atom. The lowest BCUT2D eigenvalue weighted by molar-refractivity contribution is -0.0498. The summed E-state index contributed by atoms with van der Waals surface area (Å²) >= 11 is 0. The summed E-state index contributed by atoms with van der Waals surface area (Å²) in [7, 11) is 0. The van der Waals surface area contributed by atoms with E-state index < -0.39 is 6.61 Å². The molecule has 0 bridgehead atoms. The van der Waals surface area contributed by atoms with Gasteiger partial charge in [-0.3, -0.25) is 4.79 Å². The van der Waals surface area contributed by atoms with Crippen molar-refractivity contribution in [3.05, 3.63) is 42.0 Å². The van der Waals surface area contributed by atoms with E-state index in [1.807, 2.05) is 12.2 Å². The summed E-state index contributed by atoms with van der Waals surface area (Å²) in [5.74, 6) is -0.207. The van der Waals surface area contributed by atoms with Crippen molar-refractivity contribution >= 4 is 5.91 Å². The first-order valence-electron chi connectivity index (χ1n) is 6.23. The number of carbonyl (C=O) groups is 1. The Bertz CT molecular complexity index is 488. The number of aliphatic hydroxyl groups excluding tert-OH is 1. The Balaban J connectivity index is 1.91. The Morgan fingerprint density at radius 3 is 2.60 bits per heavy atom. The molecule has 0 fully saturated rings. The summed E-state index contributed by atoms with van der Waals surface area (Å²) in [6, 6.07) is 5.38. The highest BCUT2D eigenvalue weighted by atomic mass is 19.3. The van der Waals surface area contributed by atoms with E-state index in [0.717, 1.165) is 0 Å². The van der Waals surface area contributed by atoms with Crippen molar-refractivity contribution < 1.29 is 23.4 Å². The van der Waals surface area contributed by atoms with Gasteiger partial charge >= 0.3 is 6.61 Å². The molecule has 1 aliphatic rings. The van der Waals surface area contributed by atoms with Crippen molar-refractivity contribution in [3.8, 4) is 5.75 Å². The molecule has 0 aromatic heterocycles. The molecule has 0 spiro atoms. The molecule has 1 amide bonds. The van der Waals surface area contributed by atoms with Crippen LogP contribution in [-0.2, 0) is 0 Å². The molecule has 6 heteroatoms. The number of nitrogens with one attached hydrogen (secondary N) is 1. The molecular weight excluding hydrogens is 268 g/mol. The molecule has 1 aromatic carbocycles. The maximum atomic E-state index is 12.0. The van der Waals surface area contributed by atoms with E-state index >= 15 is 0 Å². The Hall–Kier alpha value is -1.95.